The maximum atomic E-state index is 12.3. The first-order chi connectivity index (χ1) is 6.45. The summed E-state index contributed by atoms with van der Waals surface area (Å²) >= 11 is 6.97. The first-order valence-electron chi connectivity index (χ1n) is 3.94. The minimum atomic E-state index is -4.37. The molecule has 0 saturated heterocycles. The highest BCUT2D eigenvalue weighted by atomic mass is 35.5. The van der Waals surface area contributed by atoms with Gasteiger partial charge in [0.1, 0.15) is 0 Å². The minimum absolute atomic E-state index is 0.240. The summed E-state index contributed by atoms with van der Waals surface area (Å²) in [7, 11) is 0. The summed E-state index contributed by atoms with van der Waals surface area (Å²) in [5.41, 5.74) is -0.778. The third-order valence-corrected chi connectivity index (χ3v) is 2.75. The van der Waals surface area contributed by atoms with Crippen LogP contribution in [0, 0.1) is 0 Å². The van der Waals surface area contributed by atoms with E-state index in [1.807, 2.05) is 6.92 Å². The molecular formula is C9H8ClF3S. The summed E-state index contributed by atoms with van der Waals surface area (Å²) < 4.78 is 36.8. The number of hydrogen-bond donors (Lipinski definition) is 0. The van der Waals surface area contributed by atoms with Crippen LogP contribution in [0.4, 0.5) is 13.2 Å². The second-order valence-electron chi connectivity index (χ2n) is 2.57. The van der Waals surface area contributed by atoms with Crippen molar-refractivity contribution in [3.05, 3.63) is 28.8 Å². The van der Waals surface area contributed by atoms with Crippen molar-refractivity contribution in [1.29, 1.82) is 0 Å². The Balaban J connectivity index is 3.02. The van der Waals surface area contributed by atoms with Crippen molar-refractivity contribution >= 4 is 23.4 Å². The van der Waals surface area contributed by atoms with Crippen molar-refractivity contribution in [2.24, 2.45) is 0 Å². The topological polar surface area (TPSA) is 0 Å². The number of halogens is 4. The van der Waals surface area contributed by atoms with Crippen LogP contribution in [0.3, 0.4) is 0 Å². The van der Waals surface area contributed by atoms with E-state index in [4.69, 9.17) is 11.6 Å². The molecule has 78 valence electrons. The molecule has 0 N–H and O–H groups in total. The van der Waals surface area contributed by atoms with Crippen LogP contribution in [0.1, 0.15) is 12.5 Å². The molecule has 0 atom stereocenters. The van der Waals surface area contributed by atoms with E-state index >= 15 is 0 Å². The van der Waals surface area contributed by atoms with Crippen LogP contribution in [0.15, 0.2) is 23.1 Å². The highest BCUT2D eigenvalue weighted by Crippen LogP contribution is 2.36. The lowest BCUT2D eigenvalue weighted by molar-refractivity contribution is -0.137. The highest BCUT2D eigenvalue weighted by molar-refractivity contribution is 7.99. The van der Waals surface area contributed by atoms with Crippen molar-refractivity contribution in [2.75, 3.05) is 5.75 Å². The lowest BCUT2D eigenvalue weighted by Crippen LogP contribution is -2.05. The molecule has 0 saturated carbocycles. The van der Waals surface area contributed by atoms with E-state index in [0.717, 1.165) is 16.7 Å². The van der Waals surface area contributed by atoms with Gasteiger partial charge in [0.05, 0.1) is 10.6 Å². The Kier molecular flexibility index (Phi) is 3.72. The molecule has 1 rings (SSSR count). The van der Waals surface area contributed by atoms with Gasteiger partial charge in [0.25, 0.3) is 0 Å². The average Bonchev–Trinajstić information content (AvgIpc) is 2.02. The van der Waals surface area contributed by atoms with E-state index in [1.54, 1.807) is 0 Å². The summed E-state index contributed by atoms with van der Waals surface area (Å²) in [5.74, 6) is 0.807. The second-order valence-corrected chi connectivity index (χ2v) is 4.32. The van der Waals surface area contributed by atoms with Gasteiger partial charge in [-0.15, -0.1) is 11.8 Å². The first kappa shape index (κ1) is 11.7. The van der Waals surface area contributed by atoms with E-state index in [0.29, 0.717) is 0 Å². The van der Waals surface area contributed by atoms with Gasteiger partial charge in [0, 0.05) is 4.90 Å². The Bertz CT molecular complexity index is 322. The molecule has 0 fully saturated rings. The number of thioether (sulfide) groups is 1. The van der Waals surface area contributed by atoms with E-state index in [-0.39, 0.29) is 5.02 Å². The van der Waals surface area contributed by atoms with Crippen LogP contribution < -0.4 is 0 Å². The lowest BCUT2D eigenvalue weighted by Gasteiger charge is -2.09. The van der Waals surface area contributed by atoms with Gasteiger partial charge < -0.3 is 0 Å². The molecule has 0 spiro atoms. The standard InChI is InChI=1S/C9H8ClF3S/c1-2-14-6-3-4-7(8(10)5-6)9(11,12)13/h3-5H,2H2,1H3. The molecule has 1 aromatic carbocycles. The van der Waals surface area contributed by atoms with Gasteiger partial charge >= 0.3 is 6.18 Å². The van der Waals surface area contributed by atoms with Crippen molar-refractivity contribution in [3.63, 3.8) is 0 Å². The van der Waals surface area contributed by atoms with Crippen molar-refractivity contribution < 1.29 is 13.2 Å². The maximum absolute atomic E-state index is 12.3. The number of benzene rings is 1. The van der Waals surface area contributed by atoms with Gasteiger partial charge in [-0.1, -0.05) is 18.5 Å². The number of hydrogen-bond acceptors (Lipinski definition) is 1. The summed E-state index contributed by atoms with van der Waals surface area (Å²) in [6.07, 6.45) is -4.37. The Hall–Kier alpha value is -0.350. The first-order valence-corrected chi connectivity index (χ1v) is 5.31. The third-order valence-electron chi connectivity index (χ3n) is 1.56. The molecule has 14 heavy (non-hydrogen) atoms. The zero-order valence-electron chi connectivity index (χ0n) is 7.36. The average molecular weight is 241 g/mol. The van der Waals surface area contributed by atoms with Crippen LogP contribution in [0.5, 0.6) is 0 Å². The zero-order valence-corrected chi connectivity index (χ0v) is 8.93. The Morgan fingerprint density at radius 3 is 2.43 bits per heavy atom. The SMILES string of the molecule is CCSc1ccc(C(F)(F)F)c(Cl)c1. The smallest absolute Gasteiger partial charge is 0.166 e. The molecule has 0 aliphatic rings. The Morgan fingerprint density at radius 2 is 2.00 bits per heavy atom. The van der Waals surface area contributed by atoms with Gasteiger partial charge in [-0.25, -0.2) is 0 Å². The number of alkyl halides is 3. The summed E-state index contributed by atoms with van der Waals surface area (Å²) in [5, 5.41) is -0.240. The maximum Gasteiger partial charge on any atom is 0.417 e. The second kappa shape index (κ2) is 4.45. The minimum Gasteiger partial charge on any atom is -0.166 e. The van der Waals surface area contributed by atoms with Crippen LogP contribution in [-0.2, 0) is 6.18 Å². The Labute approximate surface area is 89.4 Å². The molecule has 0 bridgehead atoms. The van der Waals surface area contributed by atoms with Gasteiger partial charge in [-0.2, -0.15) is 13.2 Å². The fourth-order valence-electron chi connectivity index (χ4n) is 0.982. The lowest BCUT2D eigenvalue weighted by atomic mass is 10.2. The van der Waals surface area contributed by atoms with Crippen LogP contribution in [-0.4, -0.2) is 5.75 Å². The third kappa shape index (κ3) is 2.82. The fourth-order valence-corrected chi connectivity index (χ4v) is 2.03. The summed E-state index contributed by atoms with van der Waals surface area (Å²) in [6.45, 7) is 1.93. The molecule has 0 aliphatic heterocycles. The molecule has 0 heterocycles. The van der Waals surface area contributed by atoms with Gasteiger partial charge in [0.2, 0.25) is 0 Å². The quantitative estimate of drug-likeness (QED) is 0.688. The van der Waals surface area contributed by atoms with E-state index in [9.17, 15) is 13.2 Å². The Morgan fingerprint density at radius 1 is 1.36 bits per heavy atom. The van der Waals surface area contributed by atoms with Crippen molar-refractivity contribution in [1.82, 2.24) is 0 Å². The van der Waals surface area contributed by atoms with E-state index in [2.05, 4.69) is 0 Å². The zero-order chi connectivity index (χ0) is 10.8. The van der Waals surface area contributed by atoms with Gasteiger partial charge in [-0.3, -0.25) is 0 Å². The molecular weight excluding hydrogens is 233 g/mol. The van der Waals surface area contributed by atoms with Gasteiger partial charge in [-0.05, 0) is 24.0 Å². The summed E-state index contributed by atoms with van der Waals surface area (Å²) in [6, 6.07) is 3.79. The molecule has 0 radical (unpaired) electrons. The summed E-state index contributed by atoms with van der Waals surface area (Å²) in [4.78, 5) is 0.755. The molecule has 0 amide bonds. The van der Waals surface area contributed by atoms with Crippen molar-refractivity contribution in [2.45, 2.75) is 18.0 Å². The molecule has 1 aromatic rings. The van der Waals surface area contributed by atoms with E-state index in [1.165, 1.54) is 23.9 Å². The molecule has 0 nitrogen and oxygen atoms in total. The van der Waals surface area contributed by atoms with E-state index < -0.39 is 11.7 Å². The largest absolute Gasteiger partial charge is 0.417 e. The normalized spacial score (nSPS) is 11.8. The fraction of sp³-hybridized carbons (Fsp3) is 0.333. The molecule has 0 aromatic heterocycles. The van der Waals surface area contributed by atoms with Crippen LogP contribution in [0.25, 0.3) is 0 Å². The van der Waals surface area contributed by atoms with Crippen LogP contribution in [0.2, 0.25) is 5.02 Å². The van der Waals surface area contributed by atoms with Gasteiger partial charge in [0.15, 0.2) is 0 Å². The monoisotopic (exact) mass is 240 g/mol. The van der Waals surface area contributed by atoms with Crippen LogP contribution >= 0.6 is 23.4 Å². The molecule has 0 aliphatic carbocycles. The number of rotatable bonds is 2. The predicted molar refractivity (Wildman–Crippen MR) is 52.9 cm³/mol. The van der Waals surface area contributed by atoms with Crippen molar-refractivity contribution in [3.8, 4) is 0 Å². The molecule has 5 heteroatoms. The molecule has 0 unspecified atom stereocenters. The predicted octanol–water partition coefficient (Wildman–Crippen LogP) is 4.47. The highest BCUT2D eigenvalue weighted by Gasteiger charge is 2.32.